The molecule has 0 radical (unpaired) electrons. The zero-order valence-corrected chi connectivity index (χ0v) is 18.6. The normalized spacial score (nSPS) is 11.1. The standard InChI is InChI=1S/C23H17ClN6OS/c1-15-6-2-5-9-19(15)30-22(16-10-12-25-13-11-16)27-28-23(30)32-14-20-26-21(29-31-20)17-7-3-4-8-18(17)24/h2-13H,14H2,1H3. The van der Waals surface area contributed by atoms with E-state index in [1.807, 2.05) is 47.0 Å². The van der Waals surface area contributed by atoms with Gasteiger partial charge in [0, 0.05) is 23.5 Å². The quantitative estimate of drug-likeness (QED) is 0.303. The lowest BCUT2D eigenvalue weighted by molar-refractivity contribution is 0.391. The fourth-order valence-corrected chi connectivity index (χ4v) is 4.28. The Morgan fingerprint density at radius 3 is 2.56 bits per heavy atom. The predicted octanol–water partition coefficient (Wildman–Crippen LogP) is 5.63. The van der Waals surface area contributed by atoms with Gasteiger partial charge < -0.3 is 4.52 Å². The number of nitrogens with zero attached hydrogens (tertiary/aromatic N) is 6. The summed E-state index contributed by atoms with van der Waals surface area (Å²) in [6, 6.07) is 19.4. The van der Waals surface area contributed by atoms with Crippen LogP contribution in [0.15, 0.2) is 82.7 Å². The van der Waals surface area contributed by atoms with E-state index in [2.05, 4.69) is 44.4 Å². The van der Waals surface area contributed by atoms with Crippen LogP contribution in [0.2, 0.25) is 5.02 Å². The van der Waals surface area contributed by atoms with E-state index in [0.29, 0.717) is 22.5 Å². The average molecular weight is 461 g/mol. The Labute approximate surface area is 193 Å². The highest BCUT2D eigenvalue weighted by molar-refractivity contribution is 7.98. The Bertz CT molecular complexity index is 1370. The maximum absolute atomic E-state index is 6.25. The number of hydrogen-bond donors (Lipinski definition) is 0. The molecule has 0 saturated heterocycles. The van der Waals surface area contributed by atoms with Crippen molar-refractivity contribution >= 4 is 23.4 Å². The molecule has 0 aliphatic carbocycles. The molecule has 3 aromatic heterocycles. The van der Waals surface area contributed by atoms with E-state index < -0.39 is 0 Å². The second-order valence-corrected chi connectivity index (χ2v) is 8.29. The molecule has 0 spiro atoms. The fourth-order valence-electron chi connectivity index (χ4n) is 3.27. The third kappa shape index (κ3) is 4.02. The molecule has 0 saturated carbocycles. The molecule has 9 heteroatoms. The minimum absolute atomic E-state index is 0.442. The molecule has 0 fully saturated rings. The van der Waals surface area contributed by atoms with Crippen molar-refractivity contribution < 1.29 is 4.52 Å². The SMILES string of the molecule is Cc1ccccc1-n1c(SCc2nc(-c3ccccc3Cl)no2)nnc1-c1ccncc1. The minimum atomic E-state index is 0.442. The monoisotopic (exact) mass is 460 g/mol. The van der Waals surface area contributed by atoms with Gasteiger partial charge in [-0.1, -0.05) is 58.9 Å². The highest BCUT2D eigenvalue weighted by Gasteiger charge is 2.19. The van der Waals surface area contributed by atoms with Crippen LogP contribution in [0, 0.1) is 6.92 Å². The number of hydrogen-bond acceptors (Lipinski definition) is 7. The van der Waals surface area contributed by atoms with Crippen LogP contribution in [0.4, 0.5) is 0 Å². The van der Waals surface area contributed by atoms with E-state index in [4.69, 9.17) is 16.1 Å². The second-order valence-electron chi connectivity index (χ2n) is 6.94. The van der Waals surface area contributed by atoms with E-state index in [1.165, 1.54) is 11.8 Å². The predicted molar refractivity (Wildman–Crippen MR) is 124 cm³/mol. The summed E-state index contributed by atoms with van der Waals surface area (Å²) in [7, 11) is 0. The van der Waals surface area contributed by atoms with Crippen LogP contribution in [0.1, 0.15) is 11.5 Å². The maximum Gasteiger partial charge on any atom is 0.237 e. The summed E-state index contributed by atoms with van der Waals surface area (Å²) in [5.74, 6) is 2.13. The minimum Gasteiger partial charge on any atom is -0.338 e. The molecule has 0 atom stereocenters. The number of benzene rings is 2. The number of rotatable bonds is 6. The van der Waals surface area contributed by atoms with E-state index in [-0.39, 0.29) is 0 Å². The summed E-state index contributed by atoms with van der Waals surface area (Å²) < 4.78 is 7.49. The molecule has 7 nitrogen and oxygen atoms in total. The zero-order chi connectivity index (χ0) is 21.9. The molecule has 0 N–H and O–H groups in total. The first-order chi connectivity index (χ1) is 15.7. The summed E-state index contributed by atoms with van der Waals surface area (Å²) in [6.07, 6.45) is 3.49. The van der Waals surface area contributed by atoms with Gasteiger partial charge in [-0.25, -0.2) is 0 Å². The molecule has 2 aromatic carbocycles. The van der Waals surface area contributed by atoms with Crippen LogP contribution >= 0.6 is 23.4 Å². The number of halogens is 1. The van der Waals surface area contributed by atoms with Gasteiger partial charge >= 0.3 is 0 Å². The van der Waals surface area contributed by atoms with Gasteiger partial charge in [-0.15, -0.1) is 10.2 Å². The molecule has 32 heavy (non-hydrogen) atoms. The first kappa shape index (κ1) is 20.4. The van der Waals surface area contributed by atoms with E-state index in [0.717, 1.165) is 33.4 Å². The van der Waals surface area contributed by atoms with Gasteiger partial charge in [0.1, 0.15) is 0 Å². The van der Waals surface area contributed by atoms with Crippen LogP contribution in [0.5, 0.6) is 0 Å². The Hall–Kier alpha value is -3.49. The van der Waals surface area contributed by atoms with Gasteiger partial charge in [-0.2, -0.15) is 4.98 Å². The van der Waals surface area contributed by atoms with Crippen molar-refractivity contribution in [2.45, 2.75) is 17.8 Å². The third-order valence-corrected chi connectivity index (χ3v) is 6.08. The molecule has 0 amide bonds. The first-order valence-electron chi connectivity index (χ1n) is 9.83. The lowest BCUT2D eigenvalue weighted by Gasteiger charge is -2.12. The number of para-hydroxylation sites is 1. The van der Waals surface area contributed by atoms with Gasteiger partial charge in [-0.05, 0) is 42.8 Å². The Balaban J connectivity index is 1.47. The molecule has 3 heterocycles. The Kier molecular flexibility index (Phi) is 5.70. The molecule has 0 aliphatic rings. The summed E-state index contributed by atoms with van der Waals surface area (Å²) in [5.41, 5.74) is 3.79. The second kappa shape index (κ2) is 8.94. The summed E-state index contributed by atoms with van der Waals surface area (Å²) in [6.45, 7) is 2.06. The van der Waals surface area contributed by atoms with Crippen LogP contribution in [0.3, 0.4) is 0 Å². The van der Waals surface area contributed by atoms with Gasteiger partial charge in [0.25, 0.3) is 0 Å². The highest BCUT2D eigenvalue weighted by Crippen LogP contribution is 2.31. The molecular weight excluding hydrogens is 444 g/mol. The molecule has 158 valence electrons. The number of aryl methyl sites for hydroxylation is 1. The van der Waals surface area contributed by atoms with Crippen LogP contribution in [-0.2, 0) is 5.75 Å². The topological polar surface area (TPSA) is 82.5 Å². The molecule has 0 aliphatic heterocycles. The Morgan fingerprint density at radius 2 is 1.75 bits per heavy atom. The molecular formula is C23H17ClN6OS. The molecule has 0 unspecified atom stereocenters. The van der Waals surface area contributed by atoms with Crippen LogP contribution in [-0.4, -0.2) is 29.9 Å². The zero-order valence-electron chi connectivity index (χ0n) is 17.0. The van der Waals surface area contributed by atoms with Gasteiger partial charge in [-0.3, -0.25) is 9.55 Å². The maximum atomic E-state index is 6.25. The van der Waals surface area contributed by atoms with Crippen molar-refractivity contribution in [3.63, 3.8) is 0 Å². The molecule has 5 aromatic rings. The van der Waals surface area contributed by atoms with Crippen molar-refractivity contribution in [1.82, 2.24) is 29.9 Å². The van der Waals surface area contributed by atoms with E-state index >= 15 is 0 Å². The van der Waals surface area contributed by atoms with E-state index in [9.17, 15) is 0 Å². The first-order valence-corrected chi connectivity index (χ1v) is 11.2. The lowest BCUT2D eigenvalue weighted by Crippen LogP contribution is -2.02. The summed E-state index contributed by atoms with van der Waals surface area (Å²) >= 11 is 7.73. The lowest BCUT2D eigenvalue weighted by atomic mass is 10.2. The van der Waals surface area contributed by atoms with Crippen molar-refractivity contribution in [1.29, 1.82) is 0 Å². The van der Waals surface area contributed by atoms with Gasteiger partial charge in [0.15, 0.2) is 11.0 Å². The summed E-state index contributed by atoms with van der Waals surface area (Å²) in [5, 5.41) is 14.3. The largest absolute Gasteiger partial charge is 0.338 e. The fraction of sp³-hybridized carbons (Fsp3) is 0.0870. The van der Waals surface area contributed by atoms with Crippen molar-refractivity contribution in [2.24, 2.45) is 0 Å². The van der Waals surface area contributed by atoms with Crippen LogP contribution in [0.25, 0.3) is 28.5 Å². The summed E-state index contributed by atoms with van der Waals surface area (Å²) in [4.78, 5) is 8.60. The number of aromatic nitrogens is 6. The van der Waals surface area contributed by atoms with Crippen molar-refractivity contribution in [2.75, 3.05) is 0 Å². The van der Waals surface area contributed by atoms with Crippen molar-refractivity contribution in [3.05, 3.63) is 89.5 Å². The molecule has 0 bridgehead atoms. The smallest absolute Gasteiger partial charge is 0.237 e. The molecule has 5 rings (SSSR count). The van der Waals surface area contributed by atoms with Crippen LogP contribution < -0.4 is 0 Å². The average Bonchev–Trinajstić information content (AvgIpc) is 3.46. The van der Waals surface area contributed by atoms with Crippen molar-refractivity contribution in [3.8, 4) is 28.5 Å². The number of pyridine rings is 1. The van der Waals surface area contributed by atoms with E-state index in [1.54, 1.807) is 18.5 Å². The highest BCUT2D eigenvalue weighted by atomic mass is 35.5. The third-order valence-electron chi connectivity index (χ3n) is 4.84. The Morgan fingerprint density at radius 1 is 0.969 bits per heavy atom. The number of thioether (sulfide) groups is 1. The van der Waals surface area contributed by atoms with Gasteiger partial charge in [0.05, 0.1) is 16.5 Å². The van der Waals surface area contributed by atoms with Gasteiger partial charge in [0.2, 0.25) is 11.7 Å².